The van der Waals surface area contributed by atoms with Crippen molar-refractivity contribution >= 4 is 28.5 Å². The Labute approximate surface area is 136 Å². The number of nitro benzene ring substituents is 1. The molecule has 0 spiro atoms. The summed E-state index contributed by atoms with van der Waals surface area (Å²) in [7, 11) is 0. The van der Waals surface area contributed by atoms with Crippen molar-refractivity contribution in [3.63, 3.8) is 0 Å². The van der Waals surface area contributed by atoms with Crippen LogP contribution in [0.25, 0.3) is 11.0 Å². The molecule has 0 amide bonds. The predicted octanol–water partition coefficient (Wildman–Crippen LogP) is 3.70. The summed E-state index contributed by atoms with van der Waals surface area (Å²) in [6.45, 7) is 0. The number of nitrogens with zero attached hydrogens (tertiary/aromatic N) is 3. The summed E-state index contributed by atoms with van der Waals surface area (Å²) in [6.07, 6.45) is 0.417. The molecule has 0 saturated heterocycles. The maximum absolute atomic E-state index is 10.8. The number of nitrogens with one attached hydrogen (secondary N) is 1. The minimum Gasteiger partial charge on any atom is -0.333 e. The van der Waals surface area contributed by atoms with E-state index in [2.05, 4.69) is 16.0 Å². The molecule has 6 nitrogen and oxygen atoms in total. The molecule has 3 rings (SSSR count). The second-order valence-electron chi connectivity index (χ2n) is 4.93. The number of para-hydroxylation sites is 2. The molecule has 0 aliphatic heterocycles. The molecule has 1 heterocycles. The van der Waals surface area contributed by atoms with Gasteiger partial charge >= 0.3 is 0 Å². The Hall–Kier alpha value is -2.85. The molecule has 1 atom stereocenters. The normalized spacial score (nSPS) is 12.0. The van der Waals surface area contributed by atoms with Gasteiger partial charge in [-0.15, -0.1) is 0 Å². The van der Waals surface area contributed by atoms with Crippen LogP contribution in [0.1, 0.15) is 5.56 Å². The zero-order valence-corrected chi connectivity index (χ0v) is 12.8. The number of imidazole rings is 1. The lowest BCUT2D eigenvalue weighted by atomic mass is 10.1. The molecule has 0 aliphatic rings. The number of benzene rings is 2. The Kier molecular flexibility index (Phi) is 4.26. The summed E-state index contributed by atoms with van der Waals surface area (Å²) in [5.74, 6) is 0. The highest BCUT2D eigenvalue weighted by Crippen LogP contribution is 2.26. The third-order valence-corrected chi connectivity index (χ3v) is 4.28. The molecular formula is C16H12N4O2S. The Morgan fingerprint density at radius 2 is 2.13 bits per heavy atom. The average molecular weight is 324 g/mol. The Bertz CT molecular complexity index is 867. The van der Waals surface area contributed by atoms with E-state index in [1.165, 1.54) is 23.9 Å². The van der Waals surface area contributed by atoms with E-state index in [1.807, 2.05) is 24.3 Å². The minimum absolute atomic E-state index is 0.0351. The number of hydrogen-bond donors (Lipinski definition) is 1. The van der Waals surface area contributed by atoms with E-state index in [-0.39, 0.29) is 10.9 Å². The fourth-order valence-electron chi connectivity index (χ4n) is 2.24. The van der Waals surface area contributed by atoms with Gasteiger partial charge in [0.05, 0.1) is 22.0 Å². The van der Waals surface area contributed by atoms with Crippen LogP contribution in [0.3, 0.4) is 0 Å². The van der Waals surface area contributed by atoms with Crippen LogP contribution in [0.5, 0.6) is 0 Å². The van der Waals surface area contributed by atoms with Crippen LogP contribution in [-0.2, 0) is 6.42 Å². The molecule has 1 N–H and O–H groups in total. The number of aromatic amines is 1. The van der Waals surface area contributed by atoms with Crippen LogP contribution in [0.4, 0.5) is 5.69 Å². The Balaban J connectivity index is 1.76. The SMILES string of the molecule is N#CC(Cc1cccc([N+](=O)[O-])c1)Sc1nc2ccccc2[nH]1. The molecule has 114 valence electrons. The van der Waals surface area contributed by atoms with Crippen molar-refractivity contribution in [3.05, 3.63) is 64.2 Å². The van der Waals surface area contributed by atoms with Gasteiger partial charge in [-0.3, -0.25) is 10.1 Å². The number of thioether (sulfide) groups is 1. The second kappa shape index (κ2) is 6.50. The summed E-state index contributed by atoms with van der Waals surface area (Å²) in [6, 6.07) is 16.2. The van der Waals surface area contributed by atoms with Crippen molar-refractivity contribution in [1.82, 2.24) is 9.97 Å². The Morgan fingerprint density at radius 1 is 1.30 bits per heavy atom. The third-order valence-electron chi connectivity index (χ3n) is 3.31. The summed E-state index contributed by atoms with van der Waals surface area (Å²) in [5.41, 5.74) is 2.56. The number of nitriles is 1. The lowest BCUT2D eigenvalue weighted by Gasteiger charge is -2.06. The molecule has 7 heteroatoms. The van der Waals surface area contributed by atoms with E-state index >= 15 is 0 Å². The predicted molar refractivity (Wildman–Crippen MR) is 88.2 cm³/mol. The summed E-state index contributed by atoms with van der Waals surface area (Å²) in [5, 5.41) is 20.5. The number of nitro groups is 1. The molecule has 1 aromatic heterocycles. The highest BCUT2D eigenvalue weighted by atomic mass is 32.2. The van der Waals surface area contributed by atoms with Gasteiger partial charge in [-0.1, -0.05) is 36.0 Å². The zero-order valence-electron chi connectivity index (χ0n) is 12.0. The van der Waals surface area contributed by atoms with Gasteiger partial charge in [-0.05, 0) is 24.1 Å². The third kappa shape index (κ3) is 3.49. The highest BCUT2D eigenvalue weighted by Gasteiger charge is 2.15. The maximum atomic E-state index is 10.8. The molecule has 0 radical (unpaired) electrons. The maximum Gasteiger partial charge on any atom is 0.269 e. The highest BCUT2D eigenvalue weighted by molar-refractivity contribution is 8.00. The fraction of sp³-hybridized carbons (Fsp3) is 0.125. The number of non-ortho nitro benzene ring substituents is 1. The first-order chi connectivity index (χ1) is 11.2. The van der Waals surface area contributed by atoms with Crippen molar-refractivity contribution in [2.75, 3.05) is 0 Å². The number of H-pyrrole nitrogens is 1. The van der Waals surface area contributed by atoms with Crippen molar-refractivity contribution in [2.45, 2.75) is 16.8 Å². The van der Waals surface area contributed by atoms with Gasteiger partial charge < -0.3 is 4.98 Å². The quantitative estimate of drug-likeness (QED) is 0.438. The number of rotatable bonds is 5. The van der Waals surface area contributed by atoms with Gasteiger partial charge in [-0.25, -0.2) is 4.98 Å². The lowest BCUT2D eigenvalue weighted by molar-refractivity contribution is -0.384. The van der Waals surface area contributed by atoms with Crippen LogP contribution < -0.4 is 0 Å². The first-order valence-corrected chi connectivity index (χ1v) is 7.78. The van der Waals surface area contributed by atoms with E-state index in [1.54, 1.807) is 12.1 Å². The van der Waals surface area contributed by atoms with Crippen LogP contribution in [-0.4, -0.2) is 20.1 Å². The smallest absolute Gasteiger partial charge is 0.269 e. The van der Waals surface area contributed by atoms with Crippen LogP contribution in [0.15, 0.2) is 53.7 Å². The lowest BCUT2D eigenvalue weighted by Crippen LogP contribution is -2.04. The number of aromatic nitrogens is 2. The minimum atomic E-state index is -0.433. The molecular weight excluding hydrogens is 312 g/mol. The molecule has 0 bridgehead atoms. The zero-order chi connectivity index (χ0) is 16.2. The van der Waals surface area contributed by atoms with Crippen molar-refractivity contribution < 1.29 is 4.92 Å². The van der Waals surface area contributed by atoms with E-state index in [4.69, 9.17) is 0 Å². The van der Waals surface area contributed by atoms with Crippen molar-refractivity contribution in [3.8, 4) is 6.07 Å². The van der Waals surface area contributed by atoms with Gasteiger partial charge in [0.1, 0.15) is 5.25 Å². The Morgan fingerprint density at radius 3 is 2.87 bits per heavy atom. The molecule has 0 aliphatic carbocycles. The van der Waals surface area contributed by atoms with E-state index < -0.39 is 4.92 Å². The standard InChI is InChI=1S/C16H12N4O2S/c17-10-13(9-11-4-3-5-12(8-11)20(21)22)23-16-18-14-6-1-2-7-15(14)19-16/h1-8,13H,9H2,(H,18,19). The van der Waals surface area contributed by atoms with Gasteiger partial charge in [0.15, 0.2) is 5.16 Å². The van der Waals surface area contributed by atoms with E-state index in [9.17, 15) is 15.4 Å². The van der Waals surface area contributed by atoms with Crippen LogP contribution in [0, 0.1) is 21.4 Å². The van der Waals surface area contributed by atoms with Crippen LogP contribution in [0.2, 0.25) is 0 Å². The van der Waals surface area contributed by atoms with Gasteiger partial charge in [0.2, 0.25) is 0 Å². The largest absolute Gasteiger partial charge is 0.333 e. The number of fused-ring (bicyclic) bond motifs is 1. The van der Waals surface area contributed by atoms with Crippen LogP contribution >= 0.6 is 11.8 Å². The molecule has 0 saturated carbocycles. The molecule has 0 fully saturated rings. The summed E-state index contributed by atoms with van der Waals surface area (Å²) in [4.78, 5) is 18.0. The van der Waals surface area contributed by atoms with Crippen molar-refractivity contribution in [2.24, 2.45) is 0 Å². The first kappa shape index (κ1) is 15.1. The molecule has 3 aromatic rings. The van der Waals surface area contributed by atoms with Gasteiger partial charge in [-0.2, -0.15) is 5.26 Å². The fourth-order valence-corrected chi connectivity index (χ4v) is 3.16. The van der Waals surface area contributed by atoms with E-state index in [0.717, 1.165) is 16.6 Å². The van der Waals surface area contributed by atoms with Gasteiger partial charge in [0.25, 0.3) is 5.69 Å². The molecule has 23 heavy (non-hydrogen) atoms. The second-order valence-corrected chi connectivity index (χ2v) is 6.12. The molecule has 1 unspecified atom stereocenters. The van der Waals surface area contributed by atoms with Crippen molar-refractivity contribution in [1.29, 1.82) is 5.26 Å². The number of hydrogen-bond acceptors (Lipinski definition) is 5. The van der Waals surface area contributed by atoms with Gasteiger partial charge in [0, 0.05) is 12.1 Å². The summed E-state index contributed by atoms with van der Waals surface area (Å²) >= 11 is 1.33. The monoisotopic (exact) mass is 324 g/mol. The molecule has 2 aromatic carbocycles. The summed E-state index contributed by atoms with van der Waals surface area (Å²) < 4.78 is 0. The first-order valence-electron chi connectivity index (χ1n) is 6.90. The topological polar surface area (TPSA) is 95.6 Å². The van der Waals surface area contributed by atoms with E-state index in [0.29, 0.717) is 11.6 Å². The average Bonchev–Trinajstić information content (AvgIpc) is 2.96.